The fourth-order valence-corrected chi connectivity index (χ4v) is 1.38. The molecule has 0 radical (unpaired) electrons. The van der Waals surface area contributed by atoms with Crippen molar-refractivity contribution in [3.05, 3.63) is 23.7 Å². The minimum absolute atomic E-state index is 0.0300. The minimum atomic E-state index is -3.54. The van der Waals surface area contributed by atoms with Crippen molar-refractivity contribution in [3.63, 3.8) is 0 Å². The van der Waals surface area contributed by atoms with Crippen LogP contribution >= 0.6 is 0 Å². The lowest BCUT2D eigenvalue weighted by molar-refractivity contribution is 0.0927. The summed E-state index contributed by atoms with van der Waals surface area (Å²) in [5.41, 5.74) is 0.697. The summed E-state index contributed by atoms with van der Waals surface area (Å²) in [5, 5.41) is 7.16. The van der Waals surface area contributed by atoms with Gasteiger partial charge in [0.15, 0.2) is 5.76 Å². The SMILES string of the molecule is Cc1ccoc1C(=O)NCCS(N)(=O)=O. The van der Waals surface area contributed by atoms with Crippen LogP contribution in [0.1, 0.15) is 16.1 Å². The van der Waals surface area contributed by atoms with Crippen LogP contribution in [0.5, 0.6) is 0 Å². The summed E-state index contributed by atoms with van der Waals surface area (Å²) >= 11 is 0. The summed E-state index contributed by atoms with van der Waals surface area (Å²) in [7, 11) is -3.54. The maximum atomic E-state index is 11.4. The van der Waals surface area contributed by atoms with Gasteiger partial charge in [0.1, 0.15) is 0 Å². The summed E-state index contributed by atoms with van der Waals surface area (Å²) in [6.07, 6.45) is 1.39. The lowest BCUT2D eigenvalue weighted by Crippen LogP contribution is -2.31. The van der Waals surface area contributed by atoms with Gasteiger partial charge in [-0.2, -0.15) is 0 Å². The summed E-state index contributed by atoms with van der Waals surface area (Å²) in [6, 6.07) is 1.65. The summed E-state index contributed by atoms with van der Waals surface area (Å²) in [4.78, 5) is 11.4. The van der Waals surface area contributed by atoms with Crippen molar-refractivity contribution in [2.75, 3.05) is 12.3 Å². The van der Waals surface area contributed by atoms with Crippen LogP contribution in [0.15, 0.2) is 16.7 Å². The van der Waals surface area contributed by atoms with Crippen LogP contribution in [0.25, 0.3) is 0 Å². The predicted molar refractivity (Wildman–Crippen MR) is 53.8 cm³/mol. The largest absolute Gasteiger partial charge is 0.459 e. The van der Waals surface area contributed by atoms with E-state index in [0.29, 0.717) is 5.56 Å². The van der Waals surface area contributed by atoms with Gasteiger partial charge in [0, 0.05) is 12.1 Å². The third-order valence-corrected chi connectivity index (χ3v) is 2.51. The van der Waals surface area contributed by atoms with E-state index >= 15 is 0 Å². The van der Waals surface area contributed by atoms with E-state index in [4.69, 9.17) is 9.56 Å². The Hall–Kier alpha value is -1.34. The second kappa shape index (κ2) is 4.45. The molecule has 0 aromatic carbocycles. The third-order valence-electron chi connectivity index (χ3n) is 1.74. The maximum Gasteiger partial charge on any atom is 0.287 e. The van der Waals surface area contributed by atoms with Gasteiger partial charge in [-0.3, -0.25) is 4.79 Å². The number of nitrogens with two attached hydrogens (primary N) is 1. The molecule has 0 saturated carbocycles. The molecular formula is C8H12N2O4S. The Morgan fingerprint density at radius 1 is 1.60 bits per heavy atom. The van der Waals surface area contributed by atoms with Crippen LogP contribution in [0.3, 0.4) is 0 Å². The molecule has 1 amide bonds. The molecule has 0 aliphatic heterocycles. The number of rotatable bonds is 4. The molecule has 0 unspecified atom stereocenters. The first-order chi connectivity index (χ1) is 6.90. The Balaban J connectivity index is 2.48. The number of aryl methyl sites for hydroxylation is 1. The molecule has 84 valence electrons. The molecule has 1 aromatic rings. The number of hydrogen-bond donors (Lipinski definition) is 2. The van der Waals surface area contributed by atoms with E-state index in [2.05, 4.69) is 5.32 Å². The van der Waals surface area contributed by atoms with Crippen LogP contribution in [-0.2, 0) is 10.0 Å². The van der Waals surface area contributed by atoms with Crippen LogP contribution < -0.4 is 10.5 Å². The van der Waals surface area contributed by atoms with E-state index in [9.17, 15) is 13.2 Å². The highest BCUT2D eigenvalue weighted by molar-refractivity contribution is 7.89. The molecule has 0 bridgehead atoms. The Bertz CT molecular complexity index is 449. The van der Waals surface area contributed by atoms with Crippen molar-refractivity contribution in [2.45, 2.75) is 6.92 Å². The van der Waals surface area contributed by atoms with Crippen molar-refractivity contribution >= 4 is 15.9 Å². The molecular weight excluding hydrogens is 220 g/mol. The van der Waals surface area contributed by atoms with E-state index in [1.165, 1.54) is 6.26 Å². The average molecular weight is 232 g/mol. The second-order valence-electron chi connectivity index (χ2n) is 3.06. The molecule has 0 fully saturated rings. The highest BCUT2D eigenvalue weighted by atomic mass is 32.2. The van der Waals surface area contributed by atoms with Gasteiger partial charge in [0.2, 0.25) is 10.0 Å². The molecule has 6 nitrogen and oxygen atoms in total. The number of nitrogens with one attached hydrogen (secondary N) is 1. The van der Waals surface area contributed by atoms with Crippen molar-refractivity contribution < 1.29 is 17.6 Å². The van der Waals surface area contributed by atoms with Gasteiger partial charge in [0.05, 0.1) is 12.0 Å². The Morgan fingerprint density at radius 2 is 2.27 bits per heavy atom. The molecule has 7 heteroatoms. The zero-order valence-electron chi connectivity index (χ0n) is 8.19. The quantitative estimate of drug-likeness (QED) is 0.737. The van der Waals surface area contributed by atoms with Crippen LogP contribution in [0, 0.1) is 6.92 Å². The van der Waals surface area contributed by atoms with Gasteiger partial charge in [-0.05, 0) is 13.0 Å². The molecule has 1 aromatic heterocycles. The van der Waals surface area contributed by atoms with Gasteiger partial charge in [0.25, 0.3) is 5.91 Å². The number of primary sulfonamides is 1. The fraction of sp³-hybridized carbons (Fsp3) is 0.375. The van der Waals surface area contributed by atoms with Gasteiger partial charge in [-0.25, -0.2) is 13.6 Å². The Kier molecular flexibility index (Phi) is 3.48. The zero-order chi connectivity index (χ0) is 11.5. The molecule has 0 atom stereocenters. The number of carbonyl (C=O) groups is 1. The third kappa shape index (κ3) is 3.72. The number of carbonyl (C=O) groups excluding carboxylic acids is 1. The lowest BCUT2D eigenvalue weighted by Gasteiger charge is -2.02. The number of furan rings is 1. The summed E-state index contributed by atoms with van der Waals surface area (Å²) in [5.74, 6) is -0.552. The lowest BCUT2D eigenvalue weighted by atomic mass is 10.3. The second-order valence-corrected chi connectivity index (χ2v) is 4.79. The van der Waals surface area contributed by atoms with Gasteiger partial charge < -0.3 is 9.73 Å². The average Bonchev–Trinajstić information content (AvgIpc) is 2.48. The molecule has 0 spiro atoms. The van der Waals surface area contributed by atoms with Crippen LogP contribution in [-0.4, -0.2) is 26.6 Å². The smallest absolute Gasteiger partial charge is 0.287 e. The highest BCUT2D eigenvalue weighted by Gasteiger charge is 2.12. The van der Waals surface area contributed by atoms with Gasteiger partial charge in [-0.1, -0.05) is 0 Å². The summed E-state index contributed by atoms with van der Waals surface area (Å²) < 4.78 is 26.1. The van der Waals surface area contributed by atoms with E-state index in [-0.39, 0.29) is 18.1 Å². The standard InChI is InChI=1S/C8H12N2O4S/c1-6-2-4-14-7(6)8(11)10-3-5-15(9,12)13/h2,4H,3,5H2,1H3,(H,10,11)(H2,9,12,13). The maximum absolute atomic E-state index is 11.4. The molecule has 0 aliphatic rings. The van der Waals surface area contributed by atoms with Crippen molar-refractivity contribution in [2.24, 2.45) is 5.14 Å². The zero-order valence-corrected chi connectivity index (χ0v) is 9.00. The molecule has 0 aliphatic carbocycles. The van der Waals surface area contributed by atoms with Crippen molar-refractivity contribution in [3.8, 4) is 0 Å². The fourth-order valence-electron chi connectivity index (χ4n) is 0.992. The number of hydrogen-bond acceptors (Lipinski definition) is 4. The normalized spacial score (nSPS) is 11.3. The predicted octanol–water partition coefficient (Wildman–Crippen LogP) is -0.394. The molecule has 0 saturated heterocycles. The topological polar surface area (TPSA) is 102 Å². The van der Waals surface area contributed by atoms with Crippen LogP contribution in [0.4, 0.5) is 0 Å². The van der Waals surface area contributed by atoms with Crippen molar-refractivity contribution in [1.29, 1.82) is 0 Å². The summed E-state index contributed by atoms with van der Waals surface area (Å²) in [6.45, 7) is 1.69. The first-order valence-electron chi connectivity index (χ1n) is 4.23. The number of amides is 1. The minimum Gasteiger partial charge on any atom is -0.459 e. The highest BCUT2D eigenvalue weighted by Crippen LogP contribution is 2.07. The Morgan fingerprint density at radius 3 is 2.73 bits per heavy atom. The van der Waals surface area contributed by atoms with E-state index in [1.807, 2.05) is 0 Å². The molecule has 3 N–H and O–H groups in total. The first-order valence-corrected chi connectivity index (χ1v) is 5.94. The van der Waals surface area contributed by atoms with Crippen molar-refractivity contribution in [1.82, 2.24) is 5.32 Å². The van der Waals surface area contributed by atoms with E-state index in [0.717, 1.165) is 0 Å². The van der Waals surface area contributed by atoms with E-state index < -0.39 is 15.9 Å². The van der Waals surface area contributed by atoms with E-state index in [1.54, 1.807) is 13.0 Å². The molecule has 15 heavy (non-hydrogen) atoms. The van der Waals surface area contributed by atoms with Gasteiger partial charge >= 0.3 is 0 Å². The molecule has 1 rings (SSSR count). The monoisotopic (exact) mass is 232 g/mol. The number of sulfonamides is 1. The van der Waals surface area contributed by atoms with Crippen LogP contribution in [0.2, 0.25) is 0 Å². The molecule has 1 heterocycles. The first kappa shape index (κ1) is 11.7. The van der Waals surface area contributed by atoms with Gasteiger partial charge in [-0.15, -0.1) is 0 Å². The Labute approximate surface area is 87.5 Å².